The average Bonchev–Trinajstić information content (AvgIpc) is 2.74. The molecule has 0 aliphatic rings. The first kappa shape index (κ1) is 15.1. The lowest BCUT2D eigenvalue weighted by atomic mass is 10.2. The van der Waals surface area contributed by atoms with Crippen molar-refractivity contribution in [2.75, 3.05) is 20.6 Å². The summed E-state index contributed by atoms with van der Waals surface area (Å²) < 4.78 is 0. The molecule has 0 aliphatic heterocycles. The molecule has 0 aromatic carbocycles. The van der Waals surface area contributed by atoms with E-state index in [-0.39, 0.29) is 5.91 Å². The van der Waals surface area contributed by atoms with Crippen molar-refractivity contribution in [3.63, 3.8) is 0 Å². The molecule has 0 saturated heterocycles. The van der Waals surface area contributed by atoms with Gasteiger partial charge in [-0.1, -0.05) is 13.8 Å². The van der Waals surface area contributed by atoms with Crippen LogP contribution in [0.25, 0.3) is 0 Å². The molecule has 0 bridgehead atoms. The van der Waals surface area contributed by atoms with Crippen molar-refractivity contribution in [1.82, 2.24) is 15.2 Å². The Labute approximate surface area is 113 Å². The molecule has 1 aromatic rings. The molecular weight excluding hydrogens is 246 g/mol. The standard InChI is InChI=1S/C13H23N3OS/c1-9(2)13-15-11(8-18-13)6-12(17)14-7-10(3)16(4)5/h8-10H,6-7H2,1-5H3,(H,14,17). The Morgan fingerprint density at radius 2 is 2.11 bits per heavy atom. The second kappa shape index (κ2) is 6.85. The maximum Gasteiger partial charge on any atom is 0.226 e. The molecule has 1 N–H and O–H groups in total. The van der Waals surface area contributed by atoms with Gasteiger partial charge in [0.05, 0.1) is 17.1 Å². The van der Waals surface area contributed by atoms with Gasteiger partial charge in [0.2, 0.25) is 5.91 Å². The minimum Gasteiger partial charge on any atom is -0.354 e. The summed E-state index contributed by atoms with van der Waals surface area (Å²) in [4.78, 5) is 18.3. The van der Waals surface area contributed by atoms with Crippen molar-refractivity contribution >= 4 is 17.2 Å². The third-order valence-electron chi connectivity index (χ3n) is 2.88. The smallest absolute Gasteiger partial charge is 0.226 e. The minimum atomic E-state index is 0.0457. The van der Waals surface area contributed by atoms with E-state index in [1.54, 1.807) is 11.3 Å². The van der Waals surface area contributed by atoms with Crippen LogP contribution in [0.4, 0.5) is 0 Å². The molecule has 1 aromatic heterocycles. The van der Waals surface area contributed by atoms with E-state index >= 15 is 0 Å². The van der Waals surface area contributed by atoms with E-state index in [0.717, 1.165) is 10.7 Å². The third kappa shape index (κ3) is 4.74. The molecular formula is C13H23N3OS. The lowest BCUT2D eigenvalue weighted by molar-refractivity contribution is -0.120. The largest absolute Gasteiger partial charge is 0.354 e. The normalized spacial score (nSPS) is 13.1. The molecule has 0 fully saturated rings. The zero-order valence-electron chi connectivity index (χ0n) is 11.9. The monoisotopic (exact) mass is 269 g/mol. The summed E-state index contributed by atoms with van der Waals surface area (Å²) in [5, 5.41) is 6.01. The fourth-order valence-electron chi connectivity index (χ4n) is 1.34. The van der Waals surface area contributed by atoms with Crippen LogP contribution in [-0.4, -0.2) is 42.5 Å². The maximum absolute atomic E-state index is 11.8. The second-order valence-corrected chi connectivity index (χ2v) is 6.01. The van der Waals surface area contributed by atoms with Gasteiger partial charge >= 0.3 is 0 Å². The van der Waals surface area contributed by atoms with Crippen LogP contribution < -0.4 is 5.32 Å². The number of aromatic nitrogens is 1. The quantitative estimate of drug-likeness (QED) is 0.857. The number of nitrogens with one attached hydrogen (secondary N) is 1. The molecule has 1 heterocycles. The number of hydrogen-bond acceptors (Lipinski definition) is 4. The lowest BCUT2D eigenvalue weighted by Crippen LogP contribution is -2.38. The molecule has 4 nitrogen and oxygen atoms in total. The summed E-state index contributed by atoms with van der Waals surface area (Å²) in [6.07, 6.45) is 0.378. The number of hydrogen-bond donors (Lipinski definition) is 1. The molecule has 102 valence electrons. The molecule has 18 heavy (non-hydrogen) atoms. The van der Waals surface area contributed by atoms with E-state index in [4.69, 9.17) is 0 Å². The molecule has 0 radical (unpaired) electrons. The summed E-state index contributed by atoms with van der Waals surface area (Å²) in [7, 11) is 4.01. The minimum absolute atomic E-state index is 0.0457. The number of carbonyl (C=O) groups excluding carboxylic acids is 1. The van der Waals surface area contributed by atoms with Gasteiger partial charge in [-0.05, 0) is 21.0 Å². The zero-order chi connectivity index (χ0) is 13.7. The van der Waals surface area contributed by atoms with Crippen LogP contribution in [0.5, 0.6) is 0 Å². The Kier molecular flexibility index (Phi) is 5.75. The van der Waals surface area contributed by atoms with Gasteiger partial charge in [-0.15, -0.1) is 11.3 Å². The summed E-state index contributed by atoms with van der Waals surface area (Å²) in [5.74, 6) is 0.477. The first-order valence-electron chi connectivity index (χ1n) is 6.27. The van der Waals surface area contributed by atoms with Crippen LogP contribution >= 0.6 is 11.3 Å². The molecule has 1 amide bonds. The molecule has 0 spiro atoms. The highest BCUT2D eigenvalue weighted by atomic mass is 32.1. The number of amides is 1. The van der Waals surface area contributed by atoms with Crippen LogP contribution in [-0.2, 0) is 11.2 Å². The highest BCUT2D eigenvalue weighted by molar-refractivity contribution is 7.09. The Bertz CT molecular complexity index is 387. The Morgan fingerprint density at radius 1 is 1.44 bits per heavy atom. The molecule has 5 heteroatoms. The Balaban J connectivity index is 2.40. The highest BCUT2D eigenvalue weighted by Crippen LogP contribution is 2.19. The van der Waals surface area contributed by atoms with Gasteiger partial charge in [-0.2, -0.15) is 0 Å². The van der Waals surface area contributed by atoms with Crippen molar-refractivity contribution in [2.24, 2.45) is 0 Å². The van der Waals surface area contributed by atoms with Crippen LogP contribution in [0.15, 0.2) is 5.38 Å². The predicted molar refractivity (Wildman–Crippen MR) is 76.1 cm³/mol. The fraction of sp³-hybridized carbons (Fsp3) is 0.692. The van der Waals surface area contributed by atoms with Gasteiger partial charge in [-0.3, -0.25) is 4.79 Å². The summed E-state index contributed by atoms with van der Waals surface area (Å²) in [6, 6.07) is 0.343. The first-order chi connectivity index (χ1) is 8.40. The van der Waals surface area contributed by atoms with E-state index in [2.05, 4.69) is 36.0 Å². The number of carbonyl (C=O) groups is 1. The highest BCUT2D eigenvalue weighted by Gasteiger charge is 2.11. The molecule has 1 atom stereocenters. The molecule has 0 aliphatic carbocycles. The lowest BCUT2D eigenvalue weighted by Gasteiger charge is -2.19. The van der Waals surface area contributed by atoms with Crippen LogP contribution in [0, 0.1) is 0 Å². The summed E-state index contributed by atoms with van der Waals surface area (Å²) >= 11 is 1.63. The van der Waals surface area contributed by atoms with Gasteiger partial charge in [-0.25, -0.2) is 4.98 Å². The van der Waals surface area contributed by atoms with E-state index < -0.39 is 0 Å². The van der Waals surface area contributed by atoms with Gasteiger partial charge < -0.3 is 10.2 Å². The van der Waals surface area contributed by atoms with Crippen LogP contribution in [0.3, 0.4) is 0 Å². The SMILES string of the molecule is CC(C)c1nc(CC(=O)NCC(C)N(C)C)cs1. The zero-order valence-corrected chi connectivity index (χ0v) is 12.7. The third-order valence-corrected chi connectivity index (χ3v) is 4.08. The Hall–Kier alpha value is -0.940. The predicted octanol–water partition coefficient (Wildman–Crippen LogP) is 1.88. The van der Waals surface area contributed by atoms with Gasteiger partial charge in [0.25, 0.3) is 0 Å². The van der Waals surface area contributed by atoms with Crippen molar-refractivity contribution in [3.05, 3.63) is 16.1 Å². The fourth-order valence-corrected chi connectivity index (χ4v) is 2.18. The summed E-state index contributed by atoms with van der Waals surface area (Å²) in [5.41, 5.74) is 0.874. The van der Waals surface area contributed by atoms with Crippen molar-refractivity contribution in [1.29, 1.82) is 0 Å². The van der Waals surface area contributed by atoms with E-state index in [1.165, 1.54) is 0 Å². The number of rotatable bonds is 6. The molecule has 1 rings (SSSR count). The topological polar surface area (TPSA) is 45.2 Å². The number of likely N-dealkylation sites (N-methyl/N-ethyl adjacent to an activating group) is 1. The maximum atomic E-state index is 11.8. The molecule has 1 unspecified atom stereocenters. The van der Waals surface area contributed by atoms with E-state index in [9.17, 15) is 4.79 Å². The second-order valence-electron chi connectivity index (χ2n) is 5.13. The summed E-state index contributed by atoms with van der Waals surface area (Å²) in [6.45, 7) is 6.98. The van der Waals surface area contributed by atoms with Crippen LogP contribution in [0.2, 0.25) is 0 Å². The van der Waals surface area contributed by atoms with Gasteiger partial charge in [0.15, 0.2) is 0 Å². The number of nitrogens with zero attached hydrogens (tertiary/aromatic N) is 2. The van der Waals surface area contributed by atoms with Crippen molar-refractivity contribution in [2.45, 2.75) is 39.2 Å². The van der Waals surface area contributed by atoms with E-state index in [0.29, 0.717) is 24.9 Å². The van der Waals surface area contributed by atoms with Gasteiger partial charge in [0, 0.05) is 23.9 Å². The Morgan fingerprint density at radius 3 is 2.61 bits per heavy atom. The first-order valence-corrected chi connectivity index (χ1v) is 7.15. The van der Waals surface area contributed by atoms with Gasteiger partial charge in [0.1, 0.15) is 0 Å². The van der Waals surface area contributed by atoms with Crippen LogP contribution in [0.1, 0.15) is 37.4 Å². The van der Waals surface area contributed by atoms with Crippen molar-refractivity contribution < 1.29 is 4.79 Å². The molecule has 0 saturated carbocycles. The van der Waals surface area contributed by atoms with Crippen molar-refractivity contribution in [3.8, 4) is 0 Å². The number of thiazole rings is 1. The van der Waals surface area contributed by atoms with E-state index in [1.807, 2.05) is 19.5 Å². The average molecular weight is 269 g/mol.